The van der Waals surface area contributed by atoms with E-state index in [2.05, 4.69) is 57.2 Å². The summed E-state index contributed by atoms with van der Waals surface area (Å²) in [4.78, 5) is 20.0. The molecule has 7 heteroatoms. The second kappa shape index (κ2) is 12.0. The Balaban J connectivity index is 1.82. The first-order valence-corrected chi connectivity index (χ1v) is 11.0. The first kappa shape index (κ1) is 21.7. The van der Waals surface area contributed by atoms with Crippen LogP contribution in [0.15, 0.2) is 22.5 Å². The first-order chi connectivity index (χ1) is 13.1. The van der Waals surface area contributed by atoms with Crippen LogP contribution in [0.2, 0.25) is 0 Å². The van der Waals surface area contributed by atoms with Gasteiger partial charge in [-0.05, 0) is 49.7 Å². The number of hydrogen-bond acceptors (Lipinski definition) is 4. The highest BCUT2D eigenvalue weighted by molar-refractivity contribution is 7.10. The summed E-state index contributed by atoms with van der Waals surface area (Å²) >= 11 is 1.82. The number of carbonyl (C=O) groups is 1. The van der Waals surface area contributed by atoms with Gasteiger partial charge < -0.3 is 16.0 Å². The van der Waals surface area contributed by atoms with E-state index >= 15 is 0 Å². The molecule has 1 aliphatic rings. The molecule has 2 rings (SSSR count). The number of likely N-dealkylation sites (tertiary alicyclic amines) is 1. The fourth-order valence-electron chi connectivity index (χ4n) is 3.29. The summed E-state index contributed by atoms with van der Waals surface area (Å²) < 4.78 is 0. The molecule has 1 amide bonds. The Bertz CT molecular complexity index is 567. The highest BCUT2D eigenvalue weighted by Crippen LogP contribution is 2.28. The summed E-state index contributed by atoms with van der Waals surface area (Å²) in [6, 6.07) is 4.72. The van der Waals surface area contributed by atoms with Gasteiger partial charge in [0.1, 0.15) is 0 Å². The third-order valence-corrected chi connectivity index (χ3v) is 6.01. The minimum absolute atomic E-state index is 0.0821. The lowest BCUT2D eigenvalue weighted by Crippen LogP contribution is -2.45. The third kappa shape index (κ3) is 7.50. The molecule has 0 aliphatic carbocycles. The molecule has 0 radical (unpaired) electrons. The Kier molecular flexibility index (Phi) is 9.62. The molecule has 3 N–H and O–H groups in total. The van der Waals surface area contributed by atoms with Crippen molar-refractivity contribution in [3.63, 3.8) is 0 Å². The predicted octanol–water partition coefficient (Wildman–Crippen LogP) is 2.60. The molecule has 1 fully saturated rings. The summed E-state index contributed by atoms with van der Waals surface area (Å²) in [7, 11) is 1.77. The van der Waals surface area contributed by atoms with Crippen LogP contribution in [0.1, 0.15) is 50.4 Å². The number of carbonyl (C=O) groups excluding carboxylic acids is 1. The van der Waals surface area contributed by atoms with E-state index in [1.807, 2.05) is 11.3 Å². The second-order valence-electron chi connectivity index (χ2n) is 7.23. The smallest absolute Gasteiger partial charge is 0.221 e. The average molecular weight is 394 g/mol. The molecule has 152 valence electrons. The normalized spacial score (nSPS) is 17.5. The lowest BCUT2D eigenvalue weighted by molar-refractivity contribution is -0.120. The van der Waals surface area contributed by atoms with Crippen molar-refractivity contribution in [2.75, 3.05) is 39.8 Å². The molecule has 1 aromatic heterocycles. The summed E-state index contributed by atoms with van der Waals surface area (Å²) in [6.07, 6.45) is 3.95. The van der Waals surface area contributed by atoms with E-state index in [1.165, 1.54) is 17.7 Å². The van der Waals surface area contributed by atoms with Crippen molar-refractivity contribution < 1.29 is 4.79 Å². The maximum Gasteiger partial charge on any atom is 0.221 e. The number of rotatable bonds is 9. The van der Waals surface area contributed by atoms with E-state index in [-0.39, 0.29) is 5.91 Å². The summed E-state index contributed by atoms with van der Waals surface area (Å²) in [5, 5.41) is 11.8. The number of aliphatic imine (C=N–C) groups is 1. The summed E-state index contributed by atoms with van der Waals surface area (Å²) in [5.41, 5.74) is 0. The number of amides is 1. The molecule has 1 atom stereocenters. The van der Waals surface area contributed by atoms with E-state index < -0.39 is 0 Å². The highest BCUT2D eigenvalue weighted by Gasteiger charge is 2.25. The average Bonchev–Trinajstić information content (AvgIpc) is 3.20. The van der Waals surface area contributed by atoms with Crippen LogP contribution in [0.5, 0.6) is 0 Å². The van der Waals surface area contributed by atoms with Crippen molar-refractivity contribution in [1.82, 2.24) is 20.9 Å². The minimum Gasteiger partial charge on any atom is -0.356 e. The highest BCUT2D eigenvalue weighted by atomic mass is 32.1. The zero-order valence-electron chi connectivity index (χ0n) is 17.0. The van der Waals surface area contributed by atoms with Crippen LogP contribution in [0.3, 0.4) is 0 Å². The van der Waals surface area contributed by atoms with Gasteiger partial charge in [-0.1, -0.05) is 19.9 Å². The SMILES string of the molecule is CCCNC(=O)CCNC(=NC)NCC(c1cccs1)N1CCC(C)CC1. The Hall–Kier alpha value is -1.60. The standard InChI is InChI=1S/C20H35N5OS/c1-4-10-22-19(26)7-11-23-20(21-3)24-15-17(18-6-5-14-27-18)25-12-8-16(2)9-13-25/h5-6,14,16-17H,4,7-13,15H2,1-3H3,(H,22,26)(H2,21,23,24). The van der Waals surface area contributed by atoms with E-state index in [9.17, 15) is 4.79 Å². The van der Waals surface area contributed by atoms with Gasteiger partial charge in [-0.25, -0.2) is 0 Å². The Morgan fingerprint density at radius 2 is 2.07 bits per heavy atom. The Morgan fingerprint density at radius 1 is 1.30 bits per heavy atom. The number of hydrogen-bond donors (Lipinski definition) is 3. The van der Waals surface area contributed by atoms with E-state index in [0.717, 1.165) is 44.5 Å². The summed E-state index contributed by atoms with van der Waals surface area (Å²) in [6.45, 7) is 8.83. The molecular weight excluding hydrogens is 358 g/mol. The maximum absolute atomic E-state index is 11.7. The van der Waals surface area contributed by atoms with Gasteiger partial charge in [0.15, 0.2) is 5.96 Å². The molecule has 1 saturated heterocycles. The first-order valence-electron chi connectivity index (χ1n) is 10.1. The van der Waals surface area contributed by atoms with Crippen molar-refractivity contribution in [1.29, 1.82) is 0 Å². The molecule has 27 heavy (non-hydrogen) atoms. The van der Waals surface area contributed by atoms with Gasteiger partial charge in [-0.3, -0.25) is 14.7 Å². The molecule has 1 aliphatic heterocycles. The van der Waals surface area contributed by atoms with Gasteiger partial charge in [0.2, 0.25) is 5.91 Å². The van der Waals surface area contributed by atoms with Crippen molar-refractivity contribution in [3.8, 4) is 0 Å². The fraction of sp³-hybridized carbons (Fsp3) is 0.700. The van der Waals surface area contributed by atoms with Crippen LogP contribution < -0.4 is 16.0 Å². The van der Waals surface area contributed by atoms with Crippen LogP contribution in [0, 0.1) is 5.92 Å². The number of nitrogens with zero attached hydrogens (tertiary/aromatic N) is 2. The zero-order valence-corrected chi connectivity index (χ0v) is 17.8. The lowest BCUT2D eigenvalue weighted by Gasteiger charge is -2.36. The number of thiophene rings is 1. The molecule has 1 unspecified atom stereocenters. The molecule has 0 spiro atoms. The fourth-order valence-corrected chi connectivity index (χ4v) is 4.15. The van der Waals surface area contributed by atoms with Crippen LogP contribution in [-0.2, 0) is 4.79 Å². The zero-order chi connectivity index (χ0) is 19.5. The molecule has 1 aromatic rings. The van der Waals surface area contributed by atoms with Crippen LogP contribution in [-0.4, -0.2) is 56.5 Å². The van der Waals surface area contributed by atoms with Gasteiger partial charge in [-0.2, -0.15) is 0 Å². The van der Waals surface area contributed by atoms with E-state index in [1.54, 1.807) is 7.05 Å². The van der Waals surface area contributed by atoms with Gasteiger partial charge in [-0.15, -0.1) is 11.3 Å². The number of guanidine groups is 1. The van der Waals surface area contributed by atoms with Crippen molar-refractivity contribution >= 4 is 23.2 Å². The van der Waals surface area contributed by atoms with Crippen LogP contribution in [0.25, 0.3) is 0 Å². The molecule has 0 aromatic carbocycles. The summed E-state index contributed by atoms with van der Waals surface area (Å²) in [5.74, 6) is 1.66. The van der Waals surface area contributed by atoms with E-state index in [4.69, 9.17) is 0 Å². The van der Waals surface area contributed by atoms with Crippen molar-refractivity contribution in [2.45, 2.75) is 45.6 Å². The Labute approximate surface area is 167 Å². The number of piperidine rings is 1. The van der Waals surface area contributed by atoms with Gasteiger partial charge >= 0.3 is 0 Å². The third-order valence-electron chi connectivity index (χ3n) is 5.03. The molecule has 0 saturated carbocycles. The van der Waals surface area contributed by atoms with Gasteiger partial charge in [0, 0.05) is 38.0 Å². The molecule has 0 bridgehead atoms. The molecule has 2 heterocycles. The maximum atomic E-state index is 11.7. The predicted molar refractivity (Wildman–Crippen MR) is 114 cm³/mol. The van der Waals surface area contributed by atoms with Crippen molar-refractivity contribution in [3.05, 3.63) is 22.4 Å². The monoisotopic (exact) mass is 393 g/mol. The van der Waals surface area contributed by atoms with E-state index in [0.29, 0.717) is 19.0 Å². The topological polar surface area (TPSA) is 68.8 Å². The largest absolute Gasteiger partial charge is 0.356 e. The van der Waals surface area contributed by atoms with Crippen LogP contribution in [0.4, 0.5) is 0 Å². The number of nitrogens with one attached hydrogen (secondary N) is 3. The quantitative estimate of drug-likeness (QED) is 0.446. The minimum atomic E-state index is 0.0821. The lowest BCUT2D eigenvalue weighted by atomic mass is 9.97. The van der Waals surface area contributed by atoms with Gasteiger partial charge in [0.05, 0.1) is 6.04 Å². The second-order valence-corrected chi connectivity index (χ2v) is 8.21. The van der Waals surface area contributed by atoms with Crippen LogP contribution >= 0.6 is 11.3 Å². The molecule has 6 nitrogen and oxygen atoms in total. The van der Waals surface area contributed by atoms with Crippen molar-refractivity contribution in [2.24, 2.45) is 10.9 Å². The Morgan fingerprint density at radius 3 is 2.70 bits per heavy atom. The van der Waals surface area contributed by atoms with Gasteiger partial charge in [0.25, 0.3) is 0 Å². The molecular formula is C20H35N5OS.